The van der Waals surface area contributed by atoms with Crippen LogP contribution in [0.1, 0.15) is 13.8 Å². The van der Waals surface area contributed by atoms with E-state index in [4.69, 9.17) is 4.74 Å². The molecule has 0 bridgehead atoms. The van der Waals surface area contributed by atoms with Crippen molar-refractivity contribution in [3.8, 4) is 0 Å². The van der Waals surface area contributed by atoms with Gasteiger partial charge in [0.25, 0.3) is 0 Å². The van der Waals surface area contributed by atoms with Gasteiger partial charge in [0.15, 0.2) is 0 Å². The second-order valence-electron chi connectivity index (χ2n) is 3.30. The molecule has 0 aromatic rings. The summed E-state index contributed by atoms with van der Waals surface area (Å²) in [5.74, 6) is -0.0365. The topological polar surface area (TPSA) is 50.4 Å². The molecular weight excluding hydrogens is 156 g/mol. The average Bonchev–Trinajstić information content (AvgIpc) is 1.98. The molecule has 1 aliphatic heterocycles. The first-order valence-electron chi connectivity index (χ1n) is 4.28. The lowest BCUT2D eigenvalue weighted by Crippen LogP contribution is -2.59. The van der Waals surface area contributed by atoms with Gasteiger partial charge in [-0.05, 0) is 13.8 Å². The van der Waals surface area contributed by atoms with Gasteiger partial charge in [0.05, 0.1) is 5.60 Å². The van der Waals surface area contributed by atoms with Crippen LogP contribution in [0.2, 0.25) is 0 Å². The molecule has 1 aliphatic rings. The lowest BCUT2D eigenvalue weighted by molar-refractivity contribution is -0.135. The van der Waals surface area contributed by atoms with Gasteiger partial charge < -0.3 is 15.4 Å². The summed E-state index contributed by atoms with van der Waals surface area (Å²) in [6, 6.07) is 0. The molecule has 1 amide bonds. The molecule has 2 N–H and O–H groups in total. The van der Waals surface area contributed by atoms with Gasteiger partial charge in [-0.3, -0.25) is 4.79 Å². The minimum absolute atomic E-state index is 0.0365. The summed E-state index contributed by atoms with van der Waals surface area (Å²) >= 11 is 0. The average molecular weight is 172 g/mol. The van der Waals surface area contributed by atoms with Crippen LogP contribution in [0.3, 0.4) is 0 Å². The molecule has 70 valence electrons. The molecule has 1 saturated heterocycles. The molecule has 0 saturated carbocycles. The van der Waals surface area contributed by atoms with Crippen molar-refractivity contribution in [3.63, 3.8) is 0 Å². The first-order chi connectivity index (χ1) is 5.66. The van der Waals surface area contributed by atoms with Gasteiger partial charge in [-0.2, -0.15) is 0 Å². The molecule has 4 heteroatoms. The monoisotopic (exact) mass is 172 g/mol. The van der Waals surface area contributed by atoms with Crippen LogP contribution < -0.4 is 10.6 Å². The van der Waals surface area contributed by atoms with E-state index in [9.17, 15) is 4.79 Å². The third-order valence-corrected chi connectivity index (χ3v) is 1.92. The highest BCUT2D eigenvalue weighted by Crippen LogP contribution is 2.14. The zero-order valence-corrected chi connectivity index (χ0v) is 7.64. The summed E-state index contributed by atoms with van der Waals surface area (Å²) in [5.41, 5.74) is -0.120. The van der Waals surface area contributed by atoms with E-state index in [0.29, 0.717) is 6.54 Å². The Balaban J connectivity index is 2.12. The maximum Gasteiger partial charge on any atom is 0.246 e. The Morgan fingerprint density at radius 1 is 1.67 bits per heavy atom. The lowest BCUT2D eigenvalue weighted by atomic mass is 10.0. The first-order valence-corrected chi connectivity index (χ1v) is 4.28. The number of likely N-dealkylation sites (N-methyl/N-ethyl adjacent to an activating group) is 1. The fraction of sp³-hybridized carbons (Fsp3) is 0.875. The van der Waals surface area contributed by atoms with Crippen molar-refractivity contribution in [2.45, 2.75) is 19.4 Å². The molecular formula is C8H16N2O2. The van der Waals surface area contributed by atoms with Crippen LogP contribution in [0.5, 0.6) is 0 Å². The van der Waals surface area contributed by atoms with E-state index >= 15 is 0 Å². The Morgan fingerprint density at radius 3 is 2.75 bits per heavy atom. The van der Waals surface area contributed by atoms with E-state index < -0.39 is 0 Å². The van der Waals surface area contributed by atoms with Gasteiger partial charge in [-0.1, -0.05) is 0 Å². The Kier molecular flexibility index (Phi) is 3.05. The molecule has 1 fully saturated rings. The Hall–Kier alpha value is -0.610. The highest BCUT2D eigenvalue weighted by molar-refractivity contribution is 5.77. The Bertz CT molecular complexity index is 166. The largest absolute Gasteiger partial charge is 0.363 e. The van der Waals surface area contributed by atoms with E-state index in [2.05, 4.69) is 10.6 Å². The summed E-state index contributed by atoms with van der Waals surface area (Å²) in [5, 5.41) is 5.78. The third kappa shape index (κ3) is 2.46. The molecule has 0 unspecified atom stereocenters. The van der Waals surface area contributed by atoms with E-state index in [1.165, 1.54) is 0 Å². The van der Waals surface area contributed by atoms with Crippen molar-refractivity contribution < 1.29 is 9.53 Å². The van der Waals surface area contributed by atoms with Crippen molar-refractivity contribution in [1.29, 1.82) is 0 Å². The summed E-state index contributed by atoms with van der Waals surface area (Å²) in [4.78, 5) is 11.0. The van der Waals surface area contributed by atoms with Gasteiger partial charge in [0.2, 0.25) is 5.91 Å². The quantitative estimate of drug-likeness (QED) is 0.601. The van der Waals surface area contributed by atoms with Crippen LogP contribution in [0.4, 0.5) is 0 Å². The summed E-state index contributed by atoms with van der Waals surface area (Å²) in [7, 11) is 0. The fourth-order valence-electron chi connectivity index (χ4n) is 1.07. The van der Waals surface area contributed by atoms with Crippen LogP contribution in [-0.4, -0.2) is 37.7 Å². The number of hydrogen-bond acceptors (Lipinski definition) is 3. The van der Waals surface area contributed by atoms with Crippen LogP contribution >= 0.6 is 0 Å². The summed E-state index contributed by atoms with van der Waals surface area (Å²) in [6.45, 7) is 6.41. The normalized spacial score (nSPS) is 19.8. The molecule has 4 nitrogen and oxygen atoms in total. The molecule has 0 aliphatic carbocycles. The lowest BCUT2D eigenvalue weighted by Gasteiger charge is -2.38. The highest BCUT2D eigenvalue weighted by atomic mass is 16.5. The molecule has 1 rings (SSSR count). The number of nitrogens with one attached hydrogen (secondary N) is 2. The van der Waals surface area contributed by atoms with Gasteiger partial charge in [0.1, 0.15) is 6.61 Å². The number of hydrogen-bond donors (Lipinski definition) is 2. The van der Waals surface area contributed by atoms with Crippen molar-refractivity contribution in [3.05, 3.63) is 0 Å². The van der Waals surface area contributed by atoms with Crippen molar-refractivity contribution in [2.75, 3.05) is 26.2 Å². The van der Waals surface area contributed by atoms with Crippen molar-refractivity contribution in [1.82, 2.24) is 10.6 Å². The van der Waals surface area contributed by atoms with Crippen LogP contribution in [-0.2, 0) is 9.53 Å². The SMILES string of the molecule is CCNC(=O)COC1(C)CNC1. The van der Waals surface area contributed by atoms with Gasteiger partial charge in [-0.25, -0.2) is 0 Å². The number of amides is 1. The number of carbonyl (C=O) groups is 1. The minimum Gasteiger partial charge on any atom is -0.363 e. The predicted molar refractivity (Wildman–Crippen MR) is 45.9 cm³/mol. The van der Waals surface area contributed by atoms with Gasteiger partial charge in [-0.15, -0.1) is 0 Å². The zero-order valence-electron chi connectivity index (χ0n) is 7.64. The summed E-state index contributed by atoms with van der Waals surface area (Å²) in [6.07, 6.45) is 0. The second-order valence-corrected chi connectivity index (χ2v) is 3.30. The Morgan fingerprint density at radius 2 is 2.33 bits per heavy atom. The number of carbonyl (C=O) groups excluding carboxylic acids is 1. The summed E-state index contributed by atoms with van der Waals surface area (Å²) < 4.78 is 5.41. The van der Waals surface area contributed by atoms with Gasteiger partial charge >= 0.3 is 0 Å². The molecule has 0 atom stereocenters. The van der Waals surface area contributed by atoms with Crippen LogP contribution in [0.25, 0.3) is 0 Å². The molecule has 0 spiro atoms. The van der Waals surface area contributed by atoms with E-state index in [1.54, 1.807) is 0 Å². The van der Waals surface area contributed by atoms with Gasteiger partial charge in [0, 0.05) is 19.6 Å². The number of ether oxygens (including phenoxy) is 1. The van der Waals surface area contributed by atoms with E-state index in [-0.39, 0.29) is 18.1 Å². The second kappa shape index (κ2) is 3.87. The van der Waals surface area contributed by atoms with Crippen LogP contribution in [0, 0.1) is 0 Å². The Labute approximate surface area is 72.7 Å². The number of rotatable bonds is 4. The van der Waals surface area contributed by atoms with E-state index in [0.717, 1.165) is 13.1 Å². The zero-order chi connectivity index (χ0) is 9.03. The maximum absolute atomic E-state index is 11.0. The standard InChI is InChI=1S/C8H16N2O2/c1-3-10-7(11)4-12-8(2)5-9-6-8/h9H,3-6H2,1-2H3,(H,10,11). The minimum atomic E-state index is -0.120. The first kappa shape index (κ1) is 9.48. The predicted octanol–water partition coefficient (Wildman–Crippen LogP) is -0.499. The fourth-order valence-corrected chi connectivity index (χ4v) is 1.07. The van der Waals surface area contributed by atoms with E-state index in [1.807, 2.05) is 13.8 Å². The smallest absolute Gasteiger partial charge is 0.246 e. The molecule has 12 heavy (non-hydrogen) atoms. The van der Waals surface area contributed by atoms with Crippen LogP contribution in [0.15, 0.2) is 0 Å². The molecule has 0 aromatic carbocycles. The molecule has 0 aromatic heterocycles. The van der Waals surface area contributed by atoms with Crippen molar-refractivity contribution in [2.24, 2.45) is 0 Å². The third-order valence-electron chi connectivity index (χ3n) is 1.92. The molecule has 0 radical (unpaired) electrons. The van der Waals surface area contributed by atoms with Crippen molar-refractivity contribution >= 4 is 5.91 Å². The maximum atomic E-state index is 11.0. The highest BCUT2D eigenvalue weighted by Gasteiger charge is 2.32. The molecule has 1 heterocycles.